The van der Waals surface area contributed by atoms with Crippen molar-refractivity contribution < 1.29 is 10.2 Å². The maximum absolute atomic E-state index is 10.3. The lowest BCUT2D eigenvalue weighted by Crippen LogP contribution is -2.28. The molecule has 1 heterocycles. The number of fused-ring (bicyclic) bond motifs is 1. The van der Waals surface area contributed by atoms with Crippen LogP contribution < -0.4 is 0 Å². The van der Waals surface area contributed by atoms with Gasteiger partial charge in [-0.3, -0.25) is 5.10 Å². The molecule has 5 nitrogen and oxygen atoms in total. The van der Waals surface area contributed by atoms with Gasteiger partial charge >= 0.3 is 0 Å². The van der Waals surface area contributed by atoms with Gasteiger partial charge in [-0.1, -0.05) is 18.5 Å². The zero-order valence-corrected chi connectivity index (χ0v) is 12.3. The highest BCUT2D eigenvalue weighted by Gasteiger charge is 2.14. The second kappa shape index (κ2) is 7.04. The van der Waals surface area contributed by atoms with Gasteiger partial charge in [0, 0.05) is 23.5 Å². The quantitative estimate of drug-likeness (QED) is 0.730. The molecule has 110 valence electrons. The van der Waals surface area contributed by atoms with Gasteiger partial charge in [-0.15, -0.1) is 0 Å². The lowest BCUT2D eigenvalue weighted by molar-refractivity contribution is 0.133. The van der Waals surface area contributed by atoms with E-state index in [4.69, 9.17) is 16.7 Å². The monoisotopic (exact) mass is 297 g/mol. The first kappa shape index (κ1) is 15.3. The fourth-order valence-electron chi connectivity index (χ4n) is 2.27. The molecule has 0 aliphatic heterocycles. The molecule has 2 rings (SSSR count). The number of aromatic nitrogens is 2. The van der Waals surface area contributed by atoms with Crippen LogP contribution in [0.3, 0.4) is 0 Å². The molecule has 0 saturated heterocycles. The van der Waals surface area contributed by atoms with Crippen LogP contribution >= 0.6 is 11.6 Å². The van der Waals surface area contributed by atoms with E-state index in [1.807, 2.05) is 13.0 Å². The van der Waals surface area contributed by atoms with E-state index in [9.17, 15) is 5.11 Å². The molecule has 1 unspecified atom stereocenters. The predicted molar refractivity (Wildman–Crippen MR) is 79.9 cm³/mol. The molecule has 0 fully saturated rings. The second-order valence-corrected chi connectivity index (χ2v) is 5.20. The third kappa shape index (κ3) is 3.49. The molecule has 0 bridgehead atoms. The van der Waals surface area contributed by atoms with Crippen molar-refractivity contribution in [3.8, 4) is 0 Å². The minimum atomic E-state index is -0.616. The number of likely N-dealkylation sites (N-methyl/N-ethyl adjacent to an activating group) is 1. The van der Waals surface area contributed by atoms with E-state index in [0.717, 1.165) is 29.6 Å². The smallest absolute Gasteiger partial charge is 0.0816 e. The number of rotatable bonds is 7. The van der Waals surface area contributed by atoms with Gasteiger partial charge in [0.2, 0.25) is 0 Å². The molecule has 20 heavy (non-hydrogen) atoms. The Bertz CT molecular complexity index is 558. The van der Waals surface area contributed by atoms with Crippen molar-refractivity contribution in [2.75, 3.05) is 26.2 Å². The van der Waals surface area contributed by atoms with Gasteiger partial charge in [0.15, 0.2) is 0 Å². The van der Waals surface area contributed by atoms with E-state index in [-0.39, 0.29) is 6.61 Å². The van der Waals surface area contributed by atoms with E-state index in [1.165, 1.54) is 0 Å². The van der Waals surface area contributed by atoms with Crippen LogP contribution in [-0.2, 0) is 0 Å². The van der Waals surface area contributed by atoms with Crippen LogP contribution in [0.15, 0.2) is 18.3 Å². The highest BCUT2D eigenvalue weighted by molar-refractivity contribution is 6.32. The van der Waals surface area contributed by atoms with Crippen molar-refractivity contribution in [2.45, 2.75) is 19.4 Å². The Morgan fingerprint density at radius 1 is 1.40 bits per heavy atom. The molecule has 0 radical (unpaired) electrons. The molecular weight excluding hydrogens is 278 g/mol. The van der Waals surface area contributed by atoms with Gasteiger partial charge in [-0.25, -0.2) is 0 Å². The summed E-state index contributed by atoms with van der Waals surface area (Å²) in [6, 6.07) is 3.65. The van der Waals surface area contributed by atoms with Crippen molar-refractivity contribution in [3.05, 3.63) is 28.9 Å². The van der Waals surface area contributed by atoms with Crippen LogP contribution in [-0.4, -0.2) is 51.6 Å². The third-order valence-corrected chi connectivity index (χ3v) is 3.83. The minimum Gasteiger partial charge on any atom is -0.395 e. The maximum atomic E-state index is 10.3. The average molecular weight is 298 g/mol. The van der Waals surface area contributed by atoms with Crippen molar-refractivity contribution >= 4 is 22.5 Å². The SMILES string of the molecule is CCN(CCO)CCC(O)c1cc2cn[nH]c2cc1Cl. The number of aliphatic hydroxyl groups excluding tert-OH is 2. The highest BCUT2D eigenvalue weighted by Crippen LogP contribution is 2.29. The first-order chi connectivity index (χ1) is 9.65. The summed E-state index contributed by atoms with van der Waals surface area (Å²) < 4.78 is 0. The number of halogens is 1. The Hall–Kier alpha value is -1.14. The number of nitrogens with zero attached hydrogens (tertiary/aromatic N) is 2. The van der Waals surface area contributed by atoms with E-state index in [2.05, 4.69) is 15.1 Å². The summed E-state index contributed by atoms with van der Waals surface area (Å²) in [4.78, 5) is 2.09. The van der Waals surface area contributed by atoms with Gasteiger partial charge in [0.1, 0.15) is 0 Å². The van der Waals surface area contributed by atoms with Gasteiger partial charge < -0.3 is 15.1 Å². The van der Waals surface area contributed by atoms with Crippen LogP contribution in [0.4, 0.5) is 0 Å². The molecule has 0 amide bonds. The molecule has 6 heteroatoms. The molecule has 0 spiro atoms. The minimum absolute atomic E-state index is 0.131. The second-order valence-electron chi connectivity index (χ2n) is 4.79. The van der Waals surface area contributed by atoms with Crippen LogP contribution in [0.5, 0.6) is 0 Å². The van der Waals surface area contributed by atoms with E-state index >= 15 is 0 Å². The topological polar surface area (TPSA) is 72.4 Å². The third-order valence-electron chi connectivity index (χ3n) is 3.50. The molecule has 2 aromatic rings. The summed E-state index contributed by atoms with van der Waals surface area (Å²) >= 11 is 6.20. The normalized spacial score (nSPS) is 13.2. The first-order valence-corrected chi connectivity index (χ1v) is 7.17. The van der Waals surface area contributed by atoms with Crippen molar-refractivity contribution in [2.24, 2.45) is 0 Å². The fourth-order valence-corrected chi connectivity index (χ4v) is 2.56. The van der Waals surface area contributed by atoms with Crippen LogP contribution in [0.25, 0.3) is 10.9 Å². The van der Waals surface area contributed by atoms with Gasteiger partial charge in [-0.05, 0) is 30.7 Å². The summed E-state index contributed by atoms with van der Waals surface area (Å²) in [5.74, 6) is 0. The summed E-state index contributed by atoms with van der Waals surface area (Å²) in [6.07, 6.45) is 1.68. The molecule has 0 aliphatic carbocycles. The van der Waals surface area contributed by atoms with Crippen LogP contribution in [0, 0.1) is 0 Å². The number of hydrogen-bond donors (Lipinski definition) is 3. The molecule has 0 saturated carbocycles. The Morgan fingerprint density at radius 2 is 2.20 bits per heavy atom. The Morgan fingerprint density at radius 3 is 2.90 bits per heavy atom. The Balaban J connectivity index is 2.06. The molecule has 1 aromatic carbocycles. The largest absolute Gasteiger partial charge is 0.395 e. The number of nitrogens with one attached hydrogen (secondary N) is 1. The molecule has 0 aliphatic rings. The van der Waals surface area contributed by atoms with Crippen molar-refractivity contribution in [1.82, 2.24) is 15.1 Å². The van der Waals surface area contributed by atoms with Crippen molar-refractivity contribution in [1.29, 1.82) is 0 Å². The van der Waals surface area contributed by atoms with Gasteiger partial charge in [0.05, 0.1) is 24.4 Å². The lowest BCUT2D eigenvalue weighted by Gasteiger charge is -2.21. The van der Waals surface area contributed by atoms with E-state index in [1.54, 1.807) is 12.3 Å². The molecular formula is C14H20ClN3O2. The molecule has 1 atom stereocenters. The summed E-state index contributed by atoms with van der Waals surface area (Å²) in [5.41, 5.74) is 1.59. The standard InChI is InChI=1S/C14H20ClN3O2/c1-2-18(5-6-19)4-3-14(20)11-7-10-9-16-17-13(10)8-12(11)15/h7-9,14,19-20H,2-6H2,1H3,(H,16,17). The molecule has 1 aromatic heterocycles. The number of H-pyrrole nitrogens is 1. The van der Waals surface area contributed by atoms with E-state index in [0.29, 0.717) is 18.0 Å². The summed E-state index contributed by atoms with van der Waals surface area (Å²) in [6.45, 7) is 4.36. The maximum Gasteiger partial charge on any atom is 0.0816 e. The lowest BCUT2D eigenvalue weighted by atomic mass is 10.0. The summed E-state index contributed by atoms with van der Waals surface area (Å²) in [7, 11) is 0. The van der Waals surface area contributed by atoms with Crippen LogP contribution in [0.1, 0.15) is 25.0 Å². The predicted octanol–water partition coefficient (Wildman–Crippen LogP) is 1.95. The van der Waals surface area contributed by atoms with Crippen LogP contribution in [0.2, 0.25) is 5.02 Å². The summed E-state index contributed by atoms with van der Waals surface area (Å²) in [5, 5.41) is 27.5. The van der Waals surface area contributed by atoms with Gasteiger partial charge in [-0.2, -0.15) is 5.10 Å². The zero-order chi connectivity index (χ0) is 14.5. The number of aromatic amines is 1. The molecule has 3 N–H and O–H groups in total. The van der Waals surface area contributed by atoms with Crippen molar-refractivity contribution in [3.63, 3.8) is 0 Å². The number of benzene rings is 1. The zero-order valence-electron chi connectivity index (χ0n) is 11.5. The average Bonchev–Trinajstić information content (AvgIpc) is 2.89. The van der Waals surface area contributed by atoms with E-state index < -0.39 is 6.10 Å². The Kier molecular flexibility index (Phi) is 5.37. The highest BCUT2D eigenvalue weighted by atomic mass is 35.5. The fraction of sp³-hybridized carbons (Fsp3) is 0.500. The first-order valence-electron chi connectivity index (χ1n) is 6.79. The Labute approximate surface area is 123 Å². The van der Waals surface area contributed by atoms with Gasteiger partial charge in [0.25, 0.3) is 0 Å². The number of aliphatic hydroxyl groups is 2. The number of hydrogen-bond acceptors (Lipinski definition) is 4.